The number of hydrogen-bond acceptors (Lipinski definition) is 3. The Morgan fingerprint density at radius 3 is 2.83 bits per heavy atom. The minimum absolute atomic E-state index is 0.0803. The maximum Gasteiger partial charge on any atom is 0.336 e. The number of aliphatic hydroxyl groups excluding tert-OH is 1. The molecule has 0 aliphatic carbocycles. The lowest BCUT2D eigenvalue weighted by Crippen LogP contribution is -2.14. The lowest BCUT2D eigenvalue weighted by atomic mass is 10.0. The van der Waals surface area contributed by atoms with Crippen LogP contribution >= 0.6 is 0 Å². The van der Waals surface area contributed by atoms with Gasteiger partial charge in [-0.1, -0.05) is 49.8 Å². The van der Waals surface area contributed by atoms with Crippen LogP contribution in [0.25, 0.3) is 0 Å². The van der Waals surface area contributed by atoms with Crippen molar-refractivity contribution < 1.29 is 14.6 Å². The van der Waals surface area contributed by atoms with E-state index in [9.17, 15) is 9.90 Å². The van der Waals surface area contributed by atoms with Crippen LogP contribution in [0.4, 0.5) is 0 Å². The molecule has 0 radical (unpaired) electrons. The van der Waals surface area contributed by atoms with E-state index in [1.165, 1.54) is 0 Å². The van der Waals surface area contributed by atoms with E-state index in [0.717, 1.165) is 18.4 Å². The van der Waals surface area contributed by atoms with Gasteiger partial charge in [0.2, 0.25) is 0 Å². The van der Waals surface area contributed by atoms with E-state index in [-0.39, 0.29) is 5.57 Å². The van der Waals surface area contributed by atoms with Gasteiger partial charge < -0.3 is 9.84 Å². The summed E-state index contributed by atoms with van der Waals surface area (Å²) >= 11 is 0. The van der Waals surface area contributed by atoms with Crippen molar-refractivity contribution in [1.29, 1.82) is 0 Å². The van der Waals surface area contributed by atoms with Crippen LogP contribution in [0.2, 0.25) is 0 Å². The zero-order valence-electron chi connectivity index (χ0n) is 11.0. The highest BCUT2D eigenvalue weighted by Gasteiger charge is 2.19. The molecule has 0 saturated heterocycles. The Labute approximate surface area is 108 Å². The van der Waals surface area contributed by atoms with Gasteiger partial charge in [-0.25, -0.2) is 4.79 Å². The van der Waals surface area contributed by atoms with E-state index in [2.05, 4.69) is 6.58 Å². The number of carbonyl (C=O) groups is 1. The second-order valence-corrected chi connectivity index (χ2v) is 4.33. The summed E-state index contributed by atoms with van der Waals surface area (Å²) in [5.41, 5.74) is 1.77. The van der Waals surface area contributed by atoms with Crippen LogP contribution in [0.15, 0.2) is 36.4 Å². The van der Waals surface area contributed by atoms with Gasteiger partial charge in [0.25, 0.3) is 0 Å². The molecule has 1 aromatic rings. The van der Waals surface area contributed by atoms with Crippen LogP contribution in [-0.2, 0) is 9.53 Å². The van der Waals surface area contributed by atoms with E-state index in [1.54, 1.807) is 6.07 Å². The third-order valence-electron chi connectivity index (χ3n) is 2.68. The van der Waals surface area contributed by atoms with Gasteiger partial charge in [-0.2, -0.15) is 0 Å². The molecule has 0 aliphatic rings. The highest BCUT2D eigenvalue weighted by molar-refractivity contribution is 5.89. The second-order valence-electron chi connectivity index (χ2n) is 4.33. The lowest BCUT2D eigenvalue weighted by Gasteiger charge is -2.14. The average molecular weight is 248 g/mol. The Hall–Kier alpha value is -1.61. The lowest BCUT2D eigenvalue weighted by molar-refractivity contribution is -0.140. The van der Waals surface area contributed by atoms with Crippen LogP contribution in [0, 0.1) is 6.92 Å². The fourth-order valence-electron chi connectivity index (χ4n) is 1.55. The topological polar surface area (TPSA) is 46.5 Å². The molecule has 1 atom stereocenters. The standard InChI is InChI=1S/C15H20O3/c1-4-5-9-18-15(17)12(3)14(16)13-8-6-7-11(2)10-13/h6-8,10,14,16H,3-5,9H2,1-2H3. The van der Waals surface area contributed by atoms with Crippen LogP contribution in [-0.4, -0.2) is 17.7 Å². The number of benzene rings is 1. The molecule has 0 heterocycles. The predicted octanol–water partition coefficient (Wildman–Crippen LogP) is 2.93. The molecule has 0 aliphatic heterocycles. The Morgan fingerprint density at radius 1 is 1.50 bits per heavy atom. The smallest absolute Gasteiger partial charge is 0.336 e. The van der Waals surface area contributed by atoms with E-state index in [4.69, 9.17) is 4.74 Å². The Kier molecular flexibility index (Phi) is 5.59. The van der Waals surface area contributed by atoms with Gasteiger partial charge in [0.15, 0.2) is 0 Å². The number of carbonyl (C=O) groups excluding carboxylic acids is 1. The fourth-order valence-corrected chi connectivity index (χ4v) is 1.55. The average Bonchev–Trinajstić information content (AvgIpc) is 2.37. The molecule has 1 N–H and O–H groups in total. The first kappa shape index (κ1) is 14.5. The fraction of sp³-hybridized carbons (Fsp3) is 0.400. The van der Waals surface area contributed by atoms with E-state index < -0.39 is 12.1 Å². The van der Waals surface area contributed by atoms with Gasteiger partial charge in [-0.15, -0.1) is 0 Å². The van der Waals surface area contributed by atoms with Gasteiger partial charge >= 0.3 is 5.97 Å². The van der Waals surface area contributed by atoms with Crippen LogP contribution < -0.4 is 0 Å². The molecule has 0 fully saturated rings. The molecule has 3 heteroatoms. The molecule has 18 heavy (non-hydrogen) atoms. The highest BCUT2D eigenvalue weighted by Crippen LogP contribution is 2.22. The summed E-state index contributed by atoms with van der Waals surface area (Å²) in [6, 6.07) is 7.36. The van der Waals surface area contributed by atoms with Crippen LogP contribution in [0.5, 0.6) is 0 Å². The third kappa shape index (κ3) is 4.00. The summed E-state index contributed by atoms with van der Waals surface area (Å²) in [5.74, 6) is -0.530. The van der Waals surface area contributed by atoms with Crippen molar-refractivity contribution in [3.63, 3.8) is 0 Å². The molecule has 1 unspecified atom stereocenters. The number of aryl methyl sites for hydroxylation is 1. The molecule has 1 rings (SSSR count). The maximum atomic E-state index is 11.6. The SMILES string of the molecule is C=C(C(=O)OCCCC)C(O)c1cccc(C)c1. The van der Waals surface area contributed by atoms with E-state index in [1.807, 2.05) is 32.0 Å². The summed E-state index contributed by atoms with van der Waals surface area (Å²) in [4.78, 5) is 11.6. The van der Waals surface area contributed by atoms with Crippen molar-refractivity contribution in [1.82, 2.24) is 0 Å². The van der Waals surface area contributed by atoms with Crippen LogP contribution in [0.3, 0.4) is 0 Å². The first-order chi connectivity index (χ1) is 8.56. The molecular weight excluding hydrogens is 228 g/mol. The van der Waals surface area contributed by atoms with Crippen molar-refractivity contribution in [2.75, 3.05) is 6.61 Å². The van der Waals surface area contributed by atoms with Gasteiger partial charge in [0.1, 0.15) is 6.10 Å². The van der Waals surface area contributed by atoms with Crippen molar-refractivity contribution in [3.05, 3.63) is 47.5 Å². The van der Waals surface area contributed by atoms with Gasteiger partial charge in [0, 0.05) is 0 Å². The molecule has 98 valence electrons. The molecule has 0 amide bonds. The van der Waals surface area contributed by atoms with E-state index >= 15 is 0 Å². The molecule has 0 aromatic heterocycles. The predicted molar refractivity (Wildman–Crippen MR) is 71.1 cm³/mol. The normalized spacial score (nSPS) is 11.9. The monoisotopic (exact) mass is 248 g/mol. The van der Waals surface area contributed by atoms with E-state index in [0.29, 0.717) is 12.2 Å². The first-order valence-electron chi connectivity index (χ1n) is 6.16. The van der Waals surface area contributed by atoms with Gasteiger partial charge in [-0.3, -0.25) is 0 Å². The number of rotatable bonds is 6. The third-order valence-corrected chi connectivity index (χ3v) is 2.68. The minimum Gasteiger partial charge on any atom is -0.462 e. The van der Waals surface area contributed by atoms with Gasteiger partial charge in [-0.05, 0) is 18.9 Å². The second kappa shape index (κ2) is 6.97. The Bertz CT molecular complexity index is 424. The molecule has 1 aromatic carbocycles. The molecule has 0 saturated carbocycles. The summed E-state index contributed by atoms with van der Waals surface area (Å²) in [6.07, 6.45) is 0.777. The number of esters is 1. The summed E-state index contributed by atoms with van der Waals surface area (Å²) < 4.78 is 5.02. The number of unbranched alkanes of at least 4 members (excludes halogenated alkanes) is 1. The number of aliphatic hydroxyl groups is 1. The Balaban J connectivity index is 2.63. The molecular formula is C15H20O3. The summed E-state index contributed by atoms with van der Waals surface area (Å²) in [6.45, 7) is 7.93. The molecule has 0 bridgehead atoms. The largest absolute Gasteiger partial charge is 0.462 e. The van der Waals surface area contributed by atoms with Crippen molar-refractivity contribution >= 4 is 5.97 Å². The molecule has 0 spiro atoms. The van der Waals surface area contributed by atoms with Crippen molar-refractivity contribution in [2.24, 2.45) is 0 Å². The Morgan fingerprint density at radius 2 is 2.22 bits per heavy atom. The number of ether oxygens (including phenoxy) is 1. The van der Waals surface area contributed by atoms with Crippen molar-refractivity contribution in [2.45, 2.75) is 32.8 Å². The molecule has 3 nitrogen and oxygen atoms in total. The highest BCUT2D eigenvalue weighted by atomic mass is 16.5. The van der Waals surface area contributed by atoms with Gasteiger partial charge in [0.05, 0.1) is 12.2 Å². The zero-order chi connectivity index (χ0) is 13.5. The first-order valence-corrected chi connectivity index (χ1v) is 6.16. The minimum atomic E-state index is -1.00. The van der Waals surface area contributed by atoms with Crippen LogP contribution in [0.1, 0.15) is 37.0 Å². The summed E-state index contributed by atoms with van der Waals surface area (Å²) in [7, 11) is 0. The zero-order valence-corrected chi connectivity index (χ0v) is 11.0. The quantitative estimate of drug-likeness (QED) is 0.478. The van der Waals surface area contributed by atoms with Crippen molar-refractivity contribution in [3.8, 4) is 0 Å². The summed E-state index contributed by atoms with van der Waals surface area (Å²) in [5, 5.41) is 10.0. The number of hydrogen-bond donors (Lipinski definition) is 1. The maximum absolute atomic E-state index is 11.6.